The number of H-pyrrole nitrogens is 1. The Morgan fingerprint density at radius 3 is 2.49 bits per heavy atom. The number of carbonyl (C=O) groups is 2. The average molecular weight is 538 g/mol. The number of aromatic nitrogens is 2. The zero-order chi connectivity index (χ0) is 24.4. The highest BCUT2D eigenvalue weighted by atomic mass is 35.5. The van der Waals surface area contributed by atoms with E-state index in [4.69, 9.17) is 27.9 Å². The number of methoxy groups -OCH3 is 1. The molecule has 1 heterocycles. The van der Waals surface area contributed by atoms with E-state index < -0.39 is 17.6 Å². The molecular formula is C24H20Cl3FN4O3. The fourth-order valence-electron chi connectivity index (χ4n) is 3.42. The van der Waals surface area contributed by atoms with Crippen molar-refractivity contribution < 1.29 is 18.7 Å². The smallest absolute Gasteiger partial charge is 0.258 e. The summed E-state index contributed by atoms with van der Waals surface area (Å²) in [5, 5.41) is 6.04. The van der Waals surface area contributed by atoms with E-state index in [0.29, 0.717) is 38.8 Å². The molecule has 0 saturated heterocycles. The van der Waals surface area contributed by atoms with E-state index in [1.807, 2.05) is 0 Å². The van der Waals surface area contributed by atoms with Gasteiger partial charge in [-0.05, 0) is 55.0 Å². The predicted molar refractivity (Wildman–Crippen MR) is 138 cm³/mol. The molecule has 0 aliphatic heterocycles. The molecule has 0 aliphatic rings. The van der Waals surface area contributed by atoms with Crippen LogP contribution in [0.4, 0.5) is 15.8 Å². The van der Waals surface area contributed by atoms with Crippen LogP contribution in [-0.4, -0.2) is 28.9 Å². The normalized spacial score (nSPS) is 10.7. The molecule has 0 atom stereocenters. The number of anilines is 2. The lowest BCUT2D eigenvalue weighted by Crippen LogP contribution is -2.16. The van der Waals surface area contributed by atoms with Crippen LogP contribution in [0.2, 0.25) is 10.0 Å². The average Bonchev–Trinajstić information content (AvgIpc) is 3.18. The standard InChI is InChI=1S/C24H19Cl2FN4O3.ClH/c1-12-17(25)4-3-5-19(12)30-24(33)16-9-14(10-20-22(16)31-21(29-20)11-34-2)28-23(32)15-7-6-13(27)8-18(15)26;/h3-10H,11H2,1-2H3,(H,28,32)(H,29,31)(H,30,33);1H. The molecule has 7 nitrogen and oxygen atoms in total. The third-order valence-electron chi connectivity index (χ3n) is 5.11. The number of nitrogens with zero attached hydrogens (tertiary/aromatic N) is 1. The molecule has 0 spiro atoms. The van der Waals surface area contributed by atoms with Crippen molar-refractivity contribution in [2.45, 2.75) is 13.5 Å². The predicted octanol–water partition coefficient (Wildman–Crippen LogP) is 6.39. The number of ether oxygens (including phenoxy) is 1. The molecule has 3 aromatic carbocycles. The third-order valence-corrected chi connectivity index (χ3v) is 5.83. The Hall–Kier alpha value is -3.17. The van der Waals surface area contributed by atoms with Crippen molar-refractivity contribution in [3.8, 4) is 0 Å². The van der Waals surface area contributed by atoms with Gasteiger partial charge in [0.25, 0.3) is 11.8 Å². The number of halogens is 4. The second kappa shape index (κ2) is 11.0. The van der Waals surface area contributed by atoms with Gasteiger partial charge in [-0.25, -0.2) is 9.37 Å². The lowest BCUT2D eigenvalue weighted by Gasteiger charge is -2.12. The van der Waals surface area contributed by atoms with E-state index in [1.54, 1.807) is 31.2 Å². The van der Waals surface area contributed by atoms with Gasteiger partial charge >= 0.3 is 0 Å². The van der Waals surface area contributed by atoms with E-state index in [1.165, 1.54) is 19.2 Å². The van der Waals surface area contributed by atoms with Crippen LogP contribution in [0.5, 0.6) is 0 Å². The van der Waals surface area contributed by atoms with Gasteiger partial charge in [-0.1, -0.05) is 29.3 Å². The fourth-order valence-corrected chi connectivity index (χ4v) is 3.85. The number of fused-ring (bicyclic) bond motifs is 1. The molecule has 35 heavy (non-hydrogen) atoms. The van der Waals surface area contributed by atoms with Gasteiger partial charge in [-0.15, -0.1) is 12.4 Å². The summed E-state index contributed by atoms with van der Waals surface area (Å²) in [7, 11) is 1.53. The molecule has 0 bridgehead atoms. The van der Waals surface area contributed by atoms with Gasteiger partial charge in [-0.3, -0.25) is 9.59 Å². The lowest BCUT2D eigenvalue weighted by molar-refractivity contribution is 0.101. The highest BCUT2D eigenvalue weighted by Gasteiger charge is 2.19. The quantitative estimate of drug-likeness (QED) is 0.265. The minimum absolute atomic E-state index is 0. The van der Waals surface area contributed by atoms with Crippen molar-refractivity contribution >= 4 is 69.8 Å². The zero-order valence-corrected chi connectivity index (χ0v) is 20.9. The minimum atomic E-state index is -0.557. The van der Waals surface area contributed by atoms with Crippen LogP contribution >= 0.6 is 35.6 Å². The molecule has 2 amide bonds. The second-order valence-electron chi connectivity index (χ2n) is 7.48. The molecule has 4 aromatic rings. The van der Waals surface area contributed by atoms with Crippen LogP contribution in [0.1, 0.15) is 32.1 Å². The topological polar surface area (TPSA) is 96.1 Å². The molecule has 0 fully saturated rings. The second-order valence-corrected chi connectivity index (χ2v) is 8.30. The van der Waals surface area contributed by atoms with Crippen molar-refractivity contribution in [2.75, 3.05) is 17.7 Å². The number of amides is 2. The van der Waals surface area contributed by atoms with Crippen molar-refractivity contribution in [3.05, 3.63) is 86.9 Å². The number of hydrogen-bond donors (Lipinski definition) is 3. The Labute approximate surface area is 216 Å². The van der Waals surface area contributed by atoms with E-state index >= 15 is 0 Å². The van der Waals surface area contributed by atoms with Crippen LogP contribution in [0.25, 0.3) is 11.0 Å². The van der Waals surface area contributed by atoms with Crippen molar-refractivity contribution in [2.24, 2.45) is 0 Å². The molecule has 11 heteroatoms. The summed E-state index contributed by atoms with van der Waals surface area (Å²) in [6, 6.07) is 11.8. The van der Waals surface area contributed by atoms with Gasteiger partial charge in [0.2, 0.25) is 0 Å². The monoisotopic (exact) mass is 536 g/mol. The molecule has 0 radical (unpaired) electrons. The molecular weight excluding hydrogens is 518 g/mol. The molecule has 1 aromatic heterocycles. The SMILES string of the molecule is COCc1nc2c(C(=O)Nc3cccc(Cl)c3C)cc(NC(=O)c3ccc(F)cc3Cl)cc2[nH]1.Cl. The van der Waals surface area contributed by atoms with Crippen molar-refractivity contribution in [1.82, 2.24) is 9.97 Å². The summed E-state index contributed by atoms with van der Waals surface area (Å²) in [6.45, 7) is 2.00. The van der Waals surface area contributed by atoms with Crippen LogP contribution in [0, 0.1) is 12.7 Å². The molecule has 4 rings (SSSR count). The molecule has 0 unspecified atom stereocenters. The first-order valence-corrected chi connectivity index (χ1v) is 10.9. The maximum Gasteiger partial charge on any atom is 0.258 e. The van der Waals surface area contributed by atoms with Crippen LogP contribution in [0.15, 0.2) is 48.5 Å². The van der Waals surface area contributed by atoms with Gasteiger partial charge < -0.3 is 20.4 Å². The van der Waals surface area contributed by atoms with E-state index in [-0.39, 0.29) is 35.2 Å². The summed E-state index contributed by atoms with van der Waals surface area (Å²) in [5.41, 5.74) is 2.81. The number of rotatable bonds is 6. The molecule has 0 saturated carbocycles. The summed E-state index contributed by atoms with van der Waals surface area (Å²) >= 11 is 12.2. The number of hydrogen-bond acceptors (Lipinski definition) is 4. The summed E-state index contributed by atoms with van der Waals surface area (Å²) in [5.74, 6) is -1.04. The number of nitrogens with one attached hydrogen (secondary N) is 3. The van der Waals surface area contributed by atoms with Gasteiger partial charge in [0.05, 0.1) is 21.7 Å². The number of imidazole rings is 1. The zero-order valence-electron chi connectivity index (χ0n) is 18.5. The number of aromatic amines is 1. The minimum Gasteiger partial charge on any atom is -0.377 e. The Morgan fingerprint density at radius 2 is 1.77 bits per heavy atom. The largest absolute Gasteiger partial charge is 0.377 e. The maximum absolute atomic E-state index is 13.4. The number of carbonyl (C=O) groups excluding carboxylic acids is 2. The fraction of sp³-hybridized carbons (Fsp3) is 0.125. The van der Waals surface area contributed by atoms with Crippen molar-refractivity contribution in [1.29, 1.82) is 0 Å². The van der Waals surface area contributed by atoms with Gasteiger partial charge in [0.1, 0.15) is 23.8 Å². The van der Waals surface area contributed by atoms with Gasteiger partial charge in [-0.2, -0.15) is 0 Å². The molecule has 182 valence electrons. The van der Waals surface area contributed by atoms with Crippen LogP contribution in [0.3, 0.4) is 0 Å². The first-order chi connectivity index (χ1) is 16.3. The Balaban J connectivity index is 0.00000342. The first kappa shape index (κ1) is 26.4. The van der Waals surface area contributed by atoms with Crippen molar-refractivity contribution in [3.63, 3.8) is 0 Å². The van der Waals surface area contributed by atoms with Crippen LogP contribution in [-0.2, 0) is 11.3 Å². The molecule has 3 N–H and O–H groups in total. The van der Waals surface area contributed by atoms with E-state index in [2.05, 4.69) is 20.6 Å². The van der Waals surface area contributed by atoms with Gasteiger partial charge in [0, 0.05) is 23.5 Å². The highest BCUT2D eigenvalue weighted by Crippen LogP contribution is 2.27. The number of benzene rings is 3. The Kier molecular flexibility index (Phi) is 8.34. The first-order valence-electron chi connectivity index (χ1n) is 10.1. The lowest BCUT2D eigenvalue weighted by atomic mass is 10.1. The third kappa shape index (κ3) is 5.74. The van der Waals surface area contributed by atoms with Crippen LogP contribution < -0.4 is 10.6 Å². The Morgan fingerprint density at radius 1 is 1.03 bits per heavy atom. The summed E-state index contributed by atoms with van der Waals surface area (Å²) in [4.78, 5) is 33.6. The maximum atomic E-state index is 13.4. The highest BCUT2D eigenvalue weighted by molar-refractivity contribution is 6.34. The summed E-state index contributed by atoms with van der Waals surface area (Å²) in [6.07, 6.45) is 0. The van der Waals surface area contributed by atoms with E-state index in [0.717, 1.165) is 12.1 Å². The molecule has 0 aliphatic carbocycles. The summed E-state index contributed by atoms with van der Waals surface area (Å²) < 4.78 is 18.5. The van der Waals surface area contributed by atoms with Gasteiger partial charge in [0.15, 0.2) is 0 Å². The van der Waals surface area contributed by atoms with E-state index in [9.17, 15) is 14.0 Å². The Bertz CT molecular complexity index is 1420.